The first-order valence-corrected chi connectivity index (χ1v) is 10.1. The summed E-state index contributed by atoms with van der Waals surface area (Å²) in [4.78, 5) is 18.6. The van der Waals surface area contributed by atoms with Gasteiger partial charge in [-0.1, -0.05) is 29.6 Å². The van der Waals surface area contributed by atoms with E-state index in [-0.39, 0.29) is 24.0 Å². The molecule has 1 aliphatic heterocycles. The first-order chi connectivity index (χ1) is 12.5. The van der Waals surface area contributed by atoms with Gasteiger partial charge in [-0.2, -0.15) is 0 Å². The van der Waals surface area contributed by atoms with Crippen LogP contribution in [0.2, 0.25) is 10.2 Å². The Labute approximate surface area is 189 Å². The summed E-state index contributed by atoms with van der Waals surface area (Å²) in [6.45, 7) is 5.76. The first kappa shape index (κ1) is 24.4. The number of likely N-dealkylation sites (tertiary alicyclic amines) is 1. The van der Waals surface area contributed by atoms with Crippen LogP contribution in [0.4, 0.5) is 0 Å². The predicted octanol–water partition coefficient (Wildman–Crippen LogP) is 3.80. The summed E-state index contributed by atoms with van der Waals surface area (Å²) in [7, 11) is 1.87. The second-order valence-electron chi connectivity index (χ2n) is 6.50. The summed E-state index contributed by atoms with van der Waals surface area (Å²) >= 11 is 12.1. The molecule has 2 N–H and O–H groups in total. The maximum atomic E-state index is 12.0. The molecule has 0 atom stereocenters. The average molecular weight is 530 g/mol. The number of rotatable bonds is 7. The van der Waals surface area contributed by atoms with Gasteiger partial charge >= 0.3 is 0 Å². The smallest absolute Gasteiger partial charge is 0.222 e. The molecule has 1 aromatic heterocycles. The van der Waals surface area contributed by atoms with E-state index in [1.54, 1.807) is 0 Å². The monoisotopic (exact) mass is 529 g/mol. The van der Waals surface area contributed by atoms with Crippen LogP contribution in [0.15, 0.2) is 11.1 Å². The van der Waals surface area contributed by atoms with E-state index in [1.807, 2.05) is 29.5 Å². The molecule has 0 saturated carbocycles. The number of carbonyl (C=O) groups excluding carboxylic acids is 1. The van der Waals surface area contributed by atoms with Gasteiger partial charge in [0, 0.05) is 45.3 Å². The molecule has 0 aromatic carbocycles. The summed E-state index contributed by atoms with van der Waals surface area (Å²) in [5.74, 6) is 1.05. The van der Waals surface area contributed by atoms with Gasteiger partial charge in [-0.15, -0.1) is 24.0 Å². The molecule has 1 aromatic rings. The van der Waals surface area contributed by atoms with Crippen LogP contribution in [0.25, 0.3) is 0 Å². The molecule has 0 spiro atoms. The highest BCUT2D eigenvalue weighted by Gasteiger charge is 2.15. The summed E-state index contributed by atoms with van der Waals surface area (Å²) < 4.78 is 1.84. The molecular weight excluding hydrogens is 500 g/mol. The summed E-state index contributed by atoms with van der Waals surface area (Å²) in [5, 5.41) is 7.63. The molecule has 0 radical (unpaired) electrons. The molecule has 1 saturated heterocycles. The van der Waals surface area contributed by atoms with Crippen LogP contribution < -0.4 is 10.6 Å². The second kappa shape index (κ2) is 12.7. The Kier molecular flexibility index (Phi) is 11.5. The van der Waals surface area contributed by atoms with Gasteiger partial charge in [0.05, 0.1) is 11.6 Å². The van der Waals surface area contributed by atoms with Gasteiger partial charge in [0.2, 0.25) is 5.91 Å². The second-order valence-corrected chi connectivity index (χ2v) is 7.27. The number of halogens is 3. The highest BCUT2D eigenvalue weighted by Crippen LogP contribution is 2.25. The average Bonchev–Trinajstić information content (AvgIpc) is 2.78. The molecule has 0 unspecified atom stereocenters. The molecule has 27 heavy (non-hydrogen) atoms. The lowest BCUT2D eigenvalue weighted by molar-refractivity contribution is -0.130. The molecule has 1 aliphatic rings. The Balaban J connectivity index is 0.00000364. The zero-order chi connectivity index (χ0) is 18.9. The van der Waals surface area contributed by atoms with Crippen molar-refractivity contribution in [2.24, 2.45) is 12.0 Å². The predicted molar refractivity (Wildman–Crippen MR) is 123 cm³/mol. The van der Waals surface area contributed by atoms with Crippen LogP contribution in [0, 0.1) is 0 Å². The summed E-state index contributed by atoms with van der Waals surface area (Å²) in [5.41, 5.74) is 0.951. The zero-order valence-electron chi connectivity index (χ0n) is 16.1. The largest absolute Gasteiger partial charge is 0.357 e. The number of nitrogens with one attached hydrogen (secondary N) is 2. The fraction of sp³-hybridized carbons (Fsp3) is 0.667. The number of aliphatic imine (C=N–C) groups is 1. The Morgan fingerprint density at radius 3 is 2.70 bits per heavy atom. The van der Waals surface area contributed by atoms with Crippen molar-refractivity contribution in [1.82, 2.24) is 20.1 Å². The molecule has 0 aliphatic carbocycles. The van der Waals surface area contributed by atoms with E-state index in [0.717, 1.165) is 63.5 Å². The number of guanidine groups is 1. The lowest BCUT2D eigenvalue weighted by Gasteiger charge is -2.20. The number of nitrogens with zero attached hydrogens (tertiary/aromatic N) is 3. The topological polar surface area (TPSA) is 61.7 Å². The van der Waals surface area contributed by atoms with Crippen LogP contribution in [0.3, 0.4) is 0 Å². The molecule has 2 heterocycles. The Hall–Kier alpha value is -0.670. The Morgan fingerprint density at radius 1 is 1.26 bits per heavy atom. The highest BCUT2D eigenvalue weighted by molar-refractivity contribution is 14.0. The van der Waals surface area contributed by atoms with E-state index in [0.29, 0.717) is 29.0 Å². The maximum absolute atomic E-state index is 12.0. The van der Waals surface area contributed by atoms with Gasteiger partial charge in [0.15, 0.2) is 5.96 Å². The standard InChI is InChI=1S/C18H29Cl2N5O.HI/c1-3-21-18(23-13-14-12-15(19)17(20)24(14)2)22-9-7-11-25-10-6-4-5-8-16(25)26;/h12H,3-11,13H2,1-2H3,(H2,21,22,23);1H. The van der Waals surface area contributed by atoms with E-state index in [2.05, 4.69) is 15.6 Å². The molecule has 0 bridgehead atoms. The third-order valence-electron chi connectivity index (χ3n) is 4.53. The lowest BCUT2D eigenvalue weighted by Crippen LogP contribution is -2.39. The van der Waals surface area contributed by atoms with Crippen molar-refractivity contribution >= 4 is 59.0 Å². The molecule has 2 rings (SSSR count). The minimum absolute atomic E-state index is 0. The van der Waals surface area contributed by atoms with Gasteiger partial charge in [-0.05, 0) is 32.3 Å². The number of hydrogen-bond donors (Lipinski definition) is 2. The number of hydrogen-bond acceptors (Lipinski definition) is 2. The summed E-state index contributed by atoms with van der Waals surface area (Å²) in [6.07, 6.45) is 4.89. The highest BCUT2D eigenvalue weighted by atomic mass is 127. The van der Waals surface area contributed by atoms with Gasteiger partial charge in [-0.3, -0.25) is 4.79 Å². The summed E-state index contributed by atoms with van der Waals surface area (Å²) in [6, 6.07) is 1.84. The van der Waals surface area contributed by atoms with E-state index < -0.39 is 0 Å². The van der Waals surface area contributed by atoms with Crippen LogP contribution in [0.1, 0.15) is 44.7 Å². The third-order valence-corrected chi connectivity index (χ3v) is 5.37. The minimum atomic E-state index is 0. The number of carbonyl (C=O) groups is 1. The van der Waals surface area contributed by atoms with Gasteiger partial charge in [0.1, 0.15) is 5.15 Å². The van der Waals surface area contributed by atoms with Gasteiger partial charge in [-0.25, -0.2) is 4.99 Å². The van der Waals surface area contributed by atoms with Crippen LogP contribution in [-0.4, -0.2) is 47.5 Å². The fourth-order valence-corrected chi connectivity index (χ4v) is 3.41. The minimum Gasteiger partial charge on any atom is -0.357 e. The van der Waals surface area contributed by atoms with Crippen molar-refractivity contribution in [3.8, 4) is 0 Å². The van der Waals surface area contributed by atoms with E-state index in [4.69, 9.17) is 23.2 Å². The molecule has 6 nitrogen and oxygen atoms in total. The Bertz CT molecular complexity index is 636. The van der Waals surface area contributed by atoms with Crippen molar-refractivity contribution in [3.05, 3.63) is 21.9 Å². The molecule has 154 valence electrons. The van der Waals surface area contributed by atoms with Crippen molar-refractivity contribution in [2.75, 3.05) is 26.2 Å². The normalized spacial score (nSPS) is 15.3. The van der Waals surface area contributed by atoms with Crippen molar-refractivity contribution in [3.63, 3.8) is 0 Å². The van der Waals surface area contributed by atoms with Crippen molar-refractivity contribution in [1.29, 1.82) is 0 Å². The van der Waals surface area contributed by atoms with Gasteiger partial charge in [0.25, 0.3) is 0 Å². The molecule has 1 amide bonds. The van der Waals surface area contributed by atoms with Crippen molar-refractivity contribution in [2.45, 2.75) is 45.6 Å². The van der Waals surface area contributed by atoms with E-state index in [1.165, 1.54) is 0 Å². The lowest BCUT2D eigenvalue weighted by atomic mass is 10.2. The van der Waals surface area contributed by atoms with Crippen LogP contribution >= 0.6 is 47.2 Å². The molecule has 9 heteroatoms. The third kappa shape index (κ3) is 7.69. The maximum Gasteiger partial charge on any atom is 0.222 e. The van der Waals surface area contributed by atoms with E-state index >= 15 is 0 Å². The van der Waals surface area contributed by atoms with Crippen LogP contribution in [0.5, 0.6) is 0 Å². The van der Waals surface area contributed by atoms with Crippen molar-refractivity contribution < 1.29 is 4.79 Å². The van der Waals surface area contributed by atoms with Gasteiger partial charge < -0.3 is 20.1 Å². The number of amides is 1. The quantitative estimate of drug-likeness (QED) is 0.244. The van der Waals surface area contributed by atoms with Crippen LogP contribution in [-0.2, 0) is 18.4 Å². The first-order valence-electron chi connectivity index (χ1n) is 9.32. The van der Waals surface area contributed by atoms with E-state index in [9.17, 15) is 4.79 Å². The SMILES string of the molecule is CCNC(=NCc1cc(Cl)c(Cl)n1C)NCCCN1CCCCCC1=O.I. The zero-order valence-corrected chi connectivity index (χ0v) is 19.9. The molecular formula is C18H30Cl2IN5O. The Morgan fingerprint density at radius 2 is 2.04 bits per heavy atom. The fourth-order valence-electron chi connectivity index (χ4n) is 2.99. The number of aromatic nitrogens is 1. The molecule has 1 fully saturated rings.